The highest BCUT2D eigenvalue weighted by atomic mass is 32.1. The SMILES string of the molecule is COc1ccc(OC)c(-c2csc(NC(=O)c3ccc(N4C(=O)CCC4=O)cc3)n2)c1. The molecule has 31 heavy (non-hydrogen) atoms. The van der Waals surface area contributed by atoms with E-state index >= 15 is 0 Å². The summed E-state index contributed by atoms with van der Waals surface area (Å²) in [6.07, 6.45) is 0.428. The van der Waals surface area contributed by atoms with Crippen molar-refractivity contribution in [3.8, 4) is 22.8 Å². The van der Waals surface area contributed by atoms with E-state index in [0.29, 0.717) is 33.6 Å². The van der Waals surface area contributed by atoms with Crippen molar-refractivity contribution >= 4 is 39.9 Å². The van der Waals surface area contributed by atoms with Crippen LogP contribution in [0, 0.1) is 0 Å². The molecule has 2 aromatic carbocycles. The first-order valence-electron chi connectivity index (χ1n) is 9.45. The number of carbonyl (C=O) groups is 3. The highest BCUT2D eigenvalue weighted by Crippen LogP contribution is 2.35. The molecule has 1 N–H and O–H groups in total. The zero-order valence-corrected chi connectivity index (χ0v) is 17.7. The van der Waals surface area contributed by atoms with Crippen molar-refractivity contribution in [3.63, 3.8) is 0 Å². The Morgan fingerprint density at radius 3 is 2.39 bits per heavy atom. The number of ether oxygens (including phenoxy) is 2. The number of aromatic nitrogens is 1. The predicted octanol–water partition coefficient (Wildman–Crippen LogP) is 3.73. The van der Waals surface area contributed by atoms with Crippen LogP contribution in [0.5, 0.6) is 11.5 Å². The van der Waals surface area contributed by atoms with E-state index in [1.165, 1.54) is 11.3 Å². The Bertz CT molecular complexity index is 1140. The molecule has 1 aliphatic heterocycles. The van der Waals surface area contributed by atoms with Crippen molar-refractivity contribution in [1.29, 1.82) is 0 Å². The number of carbonyl (C=O) groups excluding carboxylic acids is 3. The maximum absolute atomic E-state index is 12.6. The largest absolute Gasteiger partial charge is 0.497 e. The molecule has 0 spiro atoms. The summed E-state index contributed by atoms with van der Waals surface area (Å²) in [7, 11) is 3.16. The summed E-state index contributed by atoms with van der Waals surface area (Å²) >= 11 is 1.29. The van der Waals surface area contributed by atoms with Crippen LogP contribution in [0.2, 0.25) is 0 Å². The molecule has 1 fully saturated rings. The molecule has 1 saturated heterocycles. The first kappa shape index (κ1) is 20.5. The van der Waals surface area contributed by atoms with Gasteiger partial charge in [-0.1, -0.05) is 0 Å². The molecule has 158 valence electrons. The van der Waals surface area contributed by atoms with Gasteiger partial charge in [-0.25, -0.2) is 4.98 Å². The molecule has 1 aliphatic rings. The zero-order chi connectivity index (χ0) is 22.0. The van der Waals surface area contributed by atoms with Crippen molar-refractivity contribution in [2.45, 2.75) is 12.8 Å². The maximum Gasteiger partial charge on any atom is 0.257 e. The Balaban J connectivity index is 1.50. The van der Waals surface area contributed by atoms with Gasteiger partial charge in [-0.2, -0.15) is 0 Å². The quantitative estimate of drug-likeness (QED) is 0.590. The molecule has 9 heteroatoms. The minimum absolute atomic E-state index is 0.214. The summed E-state index contributed by atoms with van der Waals surface area (Å²) in [6, 6.07) is 11.7. The summed E-state index contributed by atoms with van der Waals surface area (Å²) in [5.41, 5.74) is 2.25. The van der Waals surface area contributed by atoms with Gasteiger partial charge in [-0.3, -0.25) is 24.6 Å². The van der Waals surface area contributed by atoms with E-state index in [9.17, 15) is 14.4 Å². The molecule has 4 rings (SSSR count). The van der Waals surface area contributed by atoms with Crippen LogP contribution in [0.15, 0.2) is 47.8 Å². The fourth-order valence-electron chi connectivity index (χ4n) is 3.26. The van der Waals surface area contributed by atoms with Crippen molar-refractivity contribution in [2.75, 3.05) is 24.4 Å². The molecule has 8 nitrogen and oxygen atoms in total. The number of nitrogens with one attached hydrogen (secondary N) is 1. The number of hydrogen-bond acceptors (Lipinski definition) is 7. The van der Waals surface area contributed by atoms with Gasteiger partial charge in [0.25, 0.3) is 5.91 Å². The van der Waals surface area contributed by atoms with Crippen molar-refractivity contribution in [2.24, 2.45) is 0 Å². The lowest BCUT2D eigenvalue weighted by Crippen LogP contribution is -2.28. The van der Waals surface area contributed by atoms with Crippen LogP contribution in [0.4, 0.5) is 10.8 Å². The van der Waals surface area contributed by atoms with Crippen LogP contribution in [0.25, 0.3) is 11.3 Å². The highest BCUT2D eigenvalue weighted by Gasteiger charge is 2.30. The van der Waals surface area contributed by atoms with Gasteiger partial charge in [0.1, 0.15) is 11.5 Å². The van der Waals surface area contributed by atoms with Crippen LogP contribution in [0.3, 0.4) is 0 Å². The number of methoxy groups -OCH3 is 2. The van der Waals surface area contributed by atoms with Gasteiger partial charge in [0.2, 0.25) is 11.8 Å². The predicted molar refractivity (Wildman–Crippen MR) is 117 cm³/mol. The third-order valence-corrected chi connectivity index (χ3v) is 5.60. The number of benzene rings is 2. The third-order valence-electron chi connectivity index (χ3n) is 4.85. The second-order valence-electron chi connectivity index (χ2n) is 6.73. The highest BCUT2D eigenvalue weighted by molar-refractivity contribution is 7.14. The summed E-state index contributed by atoms with van der Waals surface area (Å²) in [4.78, 5) is 41.9. The summed E-state index contributed by atoms with van der Waals surface area (Å²) in [6.45, 7) is 0. The van der Waals surface area contributed by atoms with E-state index in [0.717, 1.165) is 10.5 Å². The van der Waals surface area contributed by atoms with E-state index in [-0.39, 0.29) is 30.6 Å². The molecule has 0 radical (unpaired) electrons. The van der Waals surface area contributed by atoms with Crippen LogP contribution in [0.1, 0.15) is 23.2 Å². The minimum atomic E-state index is -0.343. The Labute approximate surface area is 182 Å². The number of rotatable bonds is 6. The number of nitrogens with zero attached hydrogens (tertiary/aromatic N) is 2. The van der Waals surface area contributed by atoms with Gasteiger partial charge in [-0.15, -0.1) is 11.3 Å². The van der Waals surface area contributed by atoms with E-state index in [1.807, 2.05) is 11.4 Å². The molecule has 0 saturated carbocycles. The fourth-order valence-corrected chi connectivity index (χ4v) is 3.97. The average molecular weight is 437 g/mol. The lowest BCUT2D eigenvalue weighted by molar-refractivity contribution is -0.121. The minimum Gasteiger partial charge on any atom is -0.497 e. The molecular weight excluding hydrogens is 418 g/mol. The van der Waals surface area contributed by atoms with E-state index in [2.05, 4.69) is 10.3 Å². The maximum atomic E-state index is 12.6. The summed E-state index contributed by atoms with van der Waals surface area (Å²) < 4.78 is 10.7. The lowest BCUT2D eigenvalue weighted by Gasteiger charge is -2.13. The second kappa shape index (κ2) is 8.57. The van der Waals surface area contributed by atoms with Gasteiger partial charge in [0.05, 0.1) is 25.6 Å². The lowest BCUT2D eigenvalue weighted by atomic mass is 10.1. The number of thiazole rings is 1. The normalized spacial score (nSPS) is 13.4. The smallest absolute Gasteiger partial charge is 0.257 e. The Kier molecular flexibility index (Phi) is 5.68. The van der Waals surface area contributed by atoms with E-state index < -0.39 is 0 Å². The topological polar surface area (TPSA) is 97.8 Å². The van der Waals surface area contributed by atoms with Crippen molar-refractivity contribution in [1.82, 2.24) is 4.98 Å². The molecule has 3 amide bonds. The molecule has 0 bridgehead atoms. The first-order chi connectivity index (χ1) is 15.0. The van der Waals surface area contributed by atoms with Crippen LogP contribution >= 0.6 is 11.3 Å². The fraction of sp³-hybridized carbons (Fsp3) is 0.182. The standard InChI is InChI=1S/C22H19N3O5S/c1-29-15-7-8-18(30-2)16(11-15)17-12-31-22(23-17)24-21(28)13-3-5-14(6-4-13)25-19(26)9-10-20(25)27/h3-8,11-12H,9-10H2,1-2H3,(H,23,24,28). The van der Waals surface area contributed by atoms with E-state index in [1.54, 1.807) is 50.6 Å². The van der Waals surface area contributed by atoms with Crippen LogP contribution in [-0.2, 0) is 9.59 Å². The number of anilines is 2. The van der Waals surface area contributed by atoms with E-state index in [4.69, 9.17) is 9.47 Å². The van der Waals surface area contributed by atoms with Gasteiger partial charge in [0.15, 0.2) is 5.13 Å². The molecule has 1 aromatic heterocycles. The number of amides is 3. The van der Waals surface area contributed by atoms with Crippen molar-refractivity contribution in [3.05, 3.63) is 53.4 Å². The van der Waals surface area contributed by atoms with Gasteiger partial charge in [0, 0.05) is 29.3 Å². The Morgan fingerprint density at radius 2 is 1.74 bits per heavy atom. The Morgan fingerprint density at radius 1 is 1.03 bits per heavy atom. The molecule has 2 heterocycles. The molecule has 0 unspecified atom stereocenters. The molecular formula is C22H19N3O5S. The Hall–Kier alpha value is -3.72. The van der Waals surface area contributed by atoms with Crippen molar-refractivity contribution < 1.29 is 23.9 Å². The number of hydrogen-bond donors (Lipinski definition) is 1. The summed E-state index contributed by atoms with van der Waals surface area (Å²) in [5.74, 6) is 0.509. The molecule has 3 aromatic rings. The monoisotopic (exact) mass is 437 g/mol. The zero-order valence-electron chi connectivity index (χ0n) is 16.9. The first-order valence-corrected chi connectivity index (χ1v) is 10.3. The van der Waals surface area contributed by atoms with Crippen LogP contribution in [-0.4, -0.2) is 36.9 Å². The van der Waals surface area contributed by atoms with Crippen LogP contribution < -0.4 is 19.7 Å². The number of imide groups is 1. The van der Waals surface area contributed by atoms with Gasteiger partial charge in [-0.05, 0) is 42.5 Å². The molecule has 0 aliphatic carbocycles. The average Bonchev–Trinajstić information content (AvgIpc) is 3.39. The third kappa shape index (κ3) is 4.13. The van der Waals surface area contributed by atoms with Gasteiger partial charge >= 0.3 is 0 Å². The molecule has 0 atom stereocenters. The van der Waals surface area contributed by atoms with Gasteiger partial charge < -0.3 is 9.47 Å². The summed E-state index contributed by atoms with van der Waals surface area (Å²) in [5, 5.41) is 5.02. The second-order valence-corrected chi connectivity index (χ2v) is 7.59.